The highest BCUT2D eigenvalue weighted by Gasteiger charge is 2.58. The molecule has 0 fully saturated rings. The topological polar surface area (TPSA) is 76.7 Å². The Morgan fingerprint density at radius 3 is 2.30 bits per heavy atom. The van der Waals surface area contributed by atoms with Gasteiger partial charge in [0.05, 0.1) is 17.6 Å². The summed E-state index contributed by atoms with van der Waals surface area (Å²) in [4.78, 5) is 3.70. The first kappa shape index (κ1) is 22.6. The molecule has 0 saturated carbocycles. The molecule has 4 aromatic rings. The number of tetrazole rings is 1. The van der Waals surface area contributed by atoms with Gasteiger partial charge in [-0.1, -0.05) is 6.07 Å². The molecule has 13 heteroatoms. The van der Waals surface area contributed by atoms with Gasteiger partial charge in [-0.25, -0.2) is 18.4 Å². The van der Waals surface area contributed by atoms with Crippen molar-refractivity contribution in [2.24, 2.45) is 0 Å². The van der Waals surface area contributed by atoms with E-state index < -0.39 is 52.7 Å². The maximum atomic E-state index is 15.7. The zero-order chi connectivity index (χ0) is 24.0. The van der Waals surface area contributed by atoms with Gasteiger partial charge >= 0.3 is 12.1 Å². The summed E-state index contributed by atoms with van der Waals surface area (Å²) in [6, 6.07) is 5.65. The number of rotatable bonds is 5. The second-order valence-electron chi connectivity index (χ2n) is 7.17. The number of halogens is 7. The molecule has 4 rings (SSSR count). The molecule has 0 aliphatic carbocycles. The van der Waals surface area contributed by atoms with E-state index in [-0.39, 0.29) is 10.9 Å². The largest absolute Gasteiger partial charge is 0.416 e. The van der Waals surface area contributed by atoms with E-state index in [1.54, 1.807) is 0 Å². The SMILES string of the molecule is OC(Cn1cnnn1)(c1ccc(F)cc1F)C(F)(F)c1ccc2cc(C(F)(F)F)ccc2n1. The number of pyridine rings is 1. The molecule has 0 saturated heterocycles. The summed E-state index contributed by atoms with van der Waals surface area (Å²) in [5.74, 6) is -6.84. The third kappa shape index (κ3) is 3.99. The number of aromatic nitrogens is 5. The van der Waals surface area contributed by atoms with Gasteiger partial charge in [-0.15, -0.1) is 5.10 Å². The molecule has 0 aliphatic heterocycles. The lowest BCUT2D eigenvalue weighted by molar-refractivity contribution is -0.207. The maximum absolute atomic E-state index is 15.7. The predicted octanol–water partition coefficient (Wildman–Crippen LogP) is 4.20. The molecular weight excluding hydrogens is 459 g/mol. The molecule has 2 aromatic carbocycles. The van der Waals surface area contributed by atoms with Gasteiger partial charge in [0, 0.05) is 17.0 Å². The smallest absolute Gasteiger partial charge is 0.377 e. The van der Waals surface area contributed by atoms with Crippen molar-refractivity contribution in [3.63, 3.8) is 0 Å². The summed E-state index contributed by atoms with van der Waals surface area (Å²) in [7, 11) is 0. The summed E-state index contributed by atoms with van der Waals surface area (Å²) in [6.07, 6.45) is -3.75. The van der Waals surface area contributed by atoms with Gasteiger partial charge in [-0.05, 0) is 46.8 Å². The molecule has 1 atom stereocenters. The third-order valence-electron chi connectivity index (χ3n) is 5.02. The lowest BCUT2D eigenvalue weighted by Gasteiger charge is -2.35. The van der Waals surface area contributed by atoms with E-state index in [1.807, 2.05) is 0 Å². The molecule has 0 bridgehead atoms. The fraction of sp³-hybridized carbons (Fsp3) is 0.200. The van der Waals surface area contributed by atoms with Crippen molar-refractivity contribution in [3.8, 4) is 0 Å². The van der Waals surface area contributed by atoms with Crippen LogP contribution in [0.3, 0.4) is 0 Å². The van der Waals surface area contributed by atoms with Crippen LogP contribution in [0, 0.1) is 11.6 Å². The average molecular weight is 471 g/mol. The summed E-state index contributed by atoms with van der Waals surface area (Å²) in [6.45, 7) is -1.05. The van der Waals surface area contributed by atoms with Crippen LogP contribution in [0.25, 0.3) is 10.9 Å². The van der Waals surface area contributed by atoms with E-state index in [0.29, 0.717) is 35.0 Å². The monoisotopic (exact) mass is 471 g/mol. The van der Waals surface area contributed by atoms with Crippen LogP contribution in [0.1, 0.15) is 16.8 Å². The van der Waals surface area contributed by atoms with E-state index in [1.165, 1.54) is 0 Å². The third-order valence-corrected chi connectivity index (χ3v) is 5.02. The van der Waals surface area contributed by atoms with Crippen LogP contribution in [0.15, 0.2) is 54.9 Å². The molecule has 0 radical (unpaired) electrons. The zero-order valence-corrected chi connectivity index (χ0v) is 16.2. The predicted molar refractivity (Wildman–Crippen MR) is 98.7 cm³/mol. The lowest BCUT2D eigenvalue weighted by Crippen LogP contribution is -2.48. The van der Waals surface area contributed by atoms with E-state index in [0.717, 1.165) is 24.5 Å². The minimum atomic E-state index is -4.65. The number of fused-ring (bicyclic) bond motifs is 1. The van der Waals surface area contributed by atoms with Crippen LogP contribution in [0.5, 0.6) is 0 Å². The Balaban J connectivity index is 1.86. The molecule has 172 valence electrons. The van der Waals surface area contributed by atoms with Crippen LogP contribution in [-0.2, 0) is 24.2 Å². The molecule has 2 aromatic heterocycles. The Labute approximate surface area is 180 Å². The number of alkyl halides is 5. The summed E-state index contributed by atoms with van der Waals surface area (Å²) < 4.78 is 98.8. The van der Waals surface area contributed by atoms with Gasteiger partial charge in [0.15, 0.2) is 5.60 Å². The van der Waals surface area contributed by atoms with Crippen LogP contribution >= 0.6 is 0 Å². The second-order valence-corrected chi connectivity index (χ2v) is 7.17. The van der Waals surface area contributed by atoms with Gasteiger partial charge in [-0.2, -0.15) is 22.0 Å². The Morgan fingerprint density at radius 1 is 0.909 bits per heavy atom. The van der Waals surface area contributed by atoms with E-state index in [4.69, 9.17) is 0 Å². The number of nitrogens with zero attached hydrogens (tertiary/aromatic N) is 5. The Bertz CT molecular complexity index is 1310. The second kappa shape index (κ2) is 7.76. The minimum Gasteiger partial charge on any atom is -0.377 e. The molecule has 1 N–H and O–H groups in total. The van der Waals surface area contributed by atoms with Crippen LogP contribution < -0.4 is 0 Å². The lowest BCUT2D eigenvalue weighted by atomic mass is 9.84. The Hall–Kier alpha value is -3.61. The Morgan fingerprint density at radius 2 is 1.67 bits per heavy atom. The first-order chi connectivity index (χ1) is 15.4. The van der Waals surface area contributed by atoms with Crippen molar-refractivity contribution in [1.82, 2.24) is 25.2 Å². The fourth-order valence-electron chi connectivity index (χ4n) is 3.35. The molecule has 2 heterocycles. The van der Waals surface area contributed by atoms with Crippen molar-refractivity contribution in [3.05, 3.63) is 83.3 Å². The zero-order valence-electron chi connectivity index (χ0n) is 16.2. The molecular formula is C20H12F7N5O. The number of hydrogen-bond acceptors (Lipinski definition) is 5. The van der Waals surface area contributed by atoms with Crippen molar-refractivity contribution in [1.29, 1.82) is 0 Å². The average Bonchev–Trinajstić information content (AvgIpc) is 3.24. The molecule has 1 unspecified atom stereocenters. The van der Waals surface area contributed by atoms with Crippen LogP contribution in [0.4, 0.5) is 30.7 Å². The summed E-state index contributed by atoms with van der Waals surface area (Å²) in [5.41, 5.74) is -6.59. The number of aliphatic hydroxyl groups is 1. The van der Waals surface area contributed by atoms with E-state index in [9.17, 15) is 27.1 Å². The van der Waals surface area contributed by atoms with Gasteiger partial charge in [0.1, 0.15) is 23.7 Å². The van der Waals surface area contributed by atoms with Crippen molar-refractivity contribution in [2.75, 3.05) is 0 Å². The molecule has 0 spiro atoms. The number of benzene rings is 2. The van der Waals surface area contributed by atoms with Crippen LogP contribution in [-0.4, -0.2) is 30.3 Å². The van der Waals surface area contributed by atoms with Crippen molar-refractivity contribution >= 4 is 10.9 Å². The molecule has 0 aliphatic rings. The van der Waals surface area contributed by atoms with Crippen molar-refractivity contribution < 1.29 is 35.8 Å². The highest BCUT2D eigenvalue weighted by molar-refractivity contribution is 5.79. The minimum absolute atomic E-state index is 0.0821. The Kier molecular flexibility index (Phi) is 5.31. The highest BCUT2D eigenvalue weighted by atomic mass is 19.4. The maximum Gasteiger partial charge on any atom is 0.416 e. The quantitative estimate of drug-likeness (QED) is 0.442. The summed E-state index contributed by atoms with van der Waals surface area (Å²) in [5, 5.41) is 21.0. The molecule has 6 nitrogen and oxygen atoms in total. The standard InChI is InChI=1S/C20H12F7N5O/c21-13-3-4-14(15(22)8-13)18(33,9-32-10-28-30-31-32)19(23,24)17-6-1-11-7-12(20(25,26)27)2-5-16(11)29-17/h1-8,10,33H,9H2. The molecule has 33 heavy (non-hydrogen) atoms. The van der Waals surface area contributed by atoms with E-state index in [2.05, 4.69) is 20.5 Å². The first-order valence-electron chi connectivity index (χ1n) is 9.17. The van der Waals surface area contributed by atoms with Crippen LogP contribution in [0.2, 0.25) is 0 Å². The van der Waals surface area contributed by atoms with Gasteiger partial charge < -0.3 is 5.11 Å². The first-order valence-corrected chi connectivity index (χ1v) is 9.17. The van der Waals surface area contributed by atoms with Gasteiger partial charge in [0.25, 0.3) is 0 Å². The normalized spacial score (nSPS) is 14.4. The highest BCUT2D eigenvalue weighted by Crippen LogP contribution is 2.47. The fourth-order valence-corrected chi connectivity index (χ4v) is 3.35. The summed E-state index contributed by atoms with van der Waals surface area (Å²) >= 11 is 0. The molecule has 0 amide bonds. The van der Waals surface area contributed by atoms with E-state index >= 15 is 8.78 Å². The number of hydrogen-bond donors (Lipinski definition) is 1. The van der Waals surface area contributed by atoms with Gasteiger partial charge in [0.2, 0.25) is 0 Å². The van der Waals surface area contributed by atoms with Crippen molar-refractivity contribution in [2.45, 2.75) is 24.2 Å². The van der Waals surface area contributed by atoms with Gasteiger partial charge in [-0.3, -0.25) is 0 Å².